The molecule has 1 N–H and O–H groups in total. The zero-order chi connectivity index (χ0) is 14.6. The van der Waals surface area contributed by atoms with Crippen LogP contribution >= 0.6 is 0 Å². The fourth-order valence-electron chi connectivity index (χ4n) is 2.18. The summed E-state index contributed by atoms with van der Waals surface area (Å²) in [6.45, 7) is 12.4. The van der Waals surface area contributed by atoms with Gasteiger partial charge in [0.05, 0.1) is 0 Å². The van der Waals surface area contributed by atoms with Gasteiger partial charge in [0, 0.05) is 31.9 Å². The van der Waals surface area contributed by atoms with Gasteiger partial charge in [0.15, 0.2) is 0 Å². The van der Waals surface area contributed by atoms with E-state index in [2.05, 4.69) is 51.9 Å². The molecule has 1 rings (SSSR count). The highest BCUT2D eigenvalue weighted by Crippen LogP contribution is 2.24. The van der Waals surface area contributed by atoms with Gasteiger partial charge >= 0.3 is 0 Å². The van der Waals surface area contributed by atoms with Crippen LogP contribution in [0.15, 0.2) is 18.2 Å². The molecular formula is C16H27FN2. The van der Waals surface area contributed by atoms with Crippen molar-refractivity contribution in [1.29, 1.82) is 0 Å². The zero-order valence-electron chi connectivity index (χ0n) is 13.0. The lowest BCUT2D eigenvalue weighted by Crippen LogP contribution is -2.31. The number of halogens is 1. The number of anilines is 1. The number of hydrogen-bond donors (Lipinski definition) is 1. The van der Waals surface area contributed by atoms with Crippen LogP contribution in [-0.4, -0.2) is 19.6 Å². The largest absolute Gasteiger partial charge is 0.374 e. The molecule has 0 fully saturated rings. The SMILES string of the molecule is CC(C)NCc1cc(F)ccc1N(C)CC(C)(C)C. The van der Waals surface area contributed by atoms with Gasteiger partial charge in [0.25, 0.3) is 0 Å². The Balaban J connectivity index is 2.92. The van der Waals surface area contributed by atoms with E-state index in [0.29, 0.717) is 12.6 Å². The van der Waals surface area contributed by atoms with E-state index in [1.54, 1.807) is 6.07 Å². The van der Waals surface area contributed by atoms with Crippen LogP contribution in [0.4, 0.5) is 10.1 Å². The van der Waals surface area contributed by atoms with Crippen molar-refractivity contribution in [1.82, 2.24) is 5.32 Å². The Labute approximate surface area is 117 Å². The van der Waals surface area contributed by atoms with Crippen LogP contribution in [0.3, 0.4) is 0 Å². The maximum atomic E-state index is 13.4. The summed E-state index contributed by atoms with van der Waals surface area (Å²) in [5, 5.41) is 3.35. The van der Waals surface area contributed by atoms with Gasteiger partial charge in [-0.15, -0.1) is 0 Å². The highest BCUT2D eigenvalue weighted by atomic mass is 19.1. The monoisotopic (exact) mass is 266 g/mol. The Kier molecular flexibility index (Phi) is 5.36. The first-order valence-electron chi connectivity index (χ1n) is 6.92. The smallest absolute Gasteiger partial charge is 0.123 e. The van der Waals surface area contributed by atoms with Crippen molar-refractivity contribution in [3.8, 4) is 0 Å². The van der Waals surface area contributed by atoms with Gasteiger partial charge in [-0.25, -0.2) is 4.39 Å². The van der Waals surface area contributed by atoms with Gasteiger partial charge < -0.3 is 10.2 Å². The van der Waals surface area contributed by atoms with Crippen molar-refractivity contribution in [2.75, 3.05) is 18.5 Å². The summed E-state index contributed by atoms with van der Waals surface area (Å²) in [5.74, 6) is -0.173. The van der Waals surface area contributed by atoms with Crippen molar-refractivity contribution >= 4 is 5.69 Å². The van der Waals surface area contributed by atoms with Crippen LogP contribution < -0.4 is 10.2 Å². The second kappa shape index (κ2) is 6.38. The molecule has 0 unspecified atom stereocenters. The molecule has 0 aromatic heterocycles. The molecule has 0 saturated heterocycles. The van der Waals surface area contributed by atoms with Crippen LogP contribution in [0, 0.1) is 11.2 Å². The molecular weight excluding hydrogens is 239 g/mol. The maximum Gasteiger partial charge on any atom is 0.123 e. The van der Waals surface area contributed by atoms with Crippen molar-refractivity contribution in [3.05, 3.63) is 29.6 Å². The van der Waals surface area contributed by atoms with Gasteiger partial charge in [0.2, 0.25) is 0 Å². The van der Waals surface area contributed by atoms with Crippen LogP contribution in [0.1, 0.15) is 40.2 Å². The third-order valence-corrected chi connectivity index (χ3v) is 2.87. The minimum atomic E-state index is -0.173. The quantitative estimate of drug-likeness (QED) is 0.872. The Morgan fingerprint density at radius 1 is 1.26 bits per heavy atom. The Hall–Kier alpha value is -1.09. The highest BCUT2D eigenvalue weighted by molar-refractivity contribution is 5.53. The van der Waals surface area contributed by atoms with Gasteiger partial charge in [-0.1, -0.05) is 34.6 Å². The molecule has 0 saturated carbocycles. The van der Waals surface area contributed by atoms with Gasteiger partial charge in [-0.3, -0.25) is 0 Å². The lowest BCUT2D eigenvalue weighted by atomic mass is 9.95. The third kappa shape index (κ3) is 5.60. The van der Waals surface area contributed by atoms with Crippen molar-refractivity contribution in [2.24, 2.45) is 5.41 Å². The van der Waals surface area contributed by atoms with Crippen LogP contribution in [0.25, 0.3) is 0 Å². The minimum Gasteiger partial charge on any atom is -0.374 e. The number of benzene rings is 1. The van der Waals surface area contributed by atoms with Gasteiger partial charge in [0.1, 0.15) is 5.82 Å². The third-order valence-electron chi connectivity index (χ3n) is 2.87. The van der Waals surface area contributed by atoms with Gasteiger partial charge in [-0.2, -0.15) is 0 Å². The number of rotatable bonds is 5. The van der Waals surface area contributed by atoms with E-state index in [1.807, 2.05) is 6.07 Å². The van der Waals surface area contributed by atoms with E-state index in [-0.39, 0.29) is 11.2 Å². The van der Waals surface area contributed by atoms with E-state index < -0.39 is 0 Å². The maximum absolute atomic E-state index is 13.4. The van der Waals surface area contributed by atoms with E-state index in [4.69, 9.17) is 0 Å². The minimum absolute atomic E-state index is 0.173. The lowest BCUT2D eigenvalue weighted by molar-refractivity contribution is 0.418. The van der Waals surface area contributed by atoms with E-state index >= 15 is 0 Å². The molecule has 0 radical (unpaired) electrons. The molecule has 0 bridgehead atoms. The summed E-state index contributed by atoms with van der Waals surface area (Å²) >= 11 is 0. The van der Waals surface area contributed by atoms with Crippen molar-refractivity contribution in [2.45, 2.75) is 47.2 Å². The predicted octanol–water partition coefficient (Wildman–Crippen LogP) is 3.81. The summed E-state index contributed by atoms with van der Waals surface area (Å²) in [7, 11) is 2.07. The fourth-order valence-corrected chi connectivity index (χ4v) is 2.18. The first-order valence-corrected chi connectivity index (χ1v) is 6.92. The molecule has 3 heteroatoms. The summed E-state index contributed by atoms with van der Waals surface area (Å²) in [5.41, 5.74) is 2.33. The molecule has 2 nitrogen and oxygen atoms in total. The summed E-state index contributed by atoms with van der Waals surface area (Å²) in [6, 6.07) is 5.43. The highest BCUT2D eigenvalue weighted by Gasteiger charge is 2.16. The topological polar surface area (TPSA) is 15.3 Å². The Morgan fingerprint density at radius 2 is 1.89 bits per heavy atom. The average molecular weight is 266 g/mol. The summed E-state index contributed by atoms with van der Waals surface area (Å²) < 4.78 is 13.4. The molecule has 1 aromatic carbocycles. The molecule has 0 aliphatic heterocycles. The van der Waals surface area contributed by atoms with Crippen molar-refractivity contribution in [3.63, 3.8) is 0 Å². The molecule has 0 atom stereocenters. The zero-order valence-corrected chi connectivity index (χ0v) is 13.0. The molecule has 0 heterocycles. The second-order valence-corrected chi connectivity index (χ2v) is 6.73. The molecule has 19 heavy (non-hydrogen) atoms. The fraction of sp³-hybridized carbons (Fsp3) is 0.625. The Morgan fingerprint density at radius 3 is 2.42 bits per heavy atom. The van der Waals surface area contributed by atoms with Crippen molar-refractivity contribution < 1.29 is 4.39 Å². The lowest BCUT2D eigenvalue weighted by Gasteiger charge is -2.30. The Bertz CT molecular complexity index is 408. The molecule has 0 aliphatic carbocycles. The van der Waals surface area contributed by atoms with Crippen LogP contribution in [-0.2, 0) is 6.54 Å². The normalized spacial score (nSPS) is 12.0. The number of nitrogens with zero attached hydrogens (tertiary/aromatic N) is 1. The van der Waals surface area contributed by atoms with Crippen LogP contribution in [0.5, 0.6) is 0 Å². The van der Waals surface area contributed by atoms with Crippen LogP contribution in [0.2, 0.25) is 0 Å². The summed E-state index contributed by atoms with van der Waals surface area (Å²) in [6.07, 6.45) is 0. The predicted molar refractivity (Wildman–Crippen MR) is 81.1 cm³/mol. The van der Waals surface area contributed by atoms with E-state index in [9.17, 15) is 4.39 Å². The molecule has 0 amide bonds. The van der Waals surface area contributed by atoms with E-state index in [1.165, 1.54) is 6.07 Å². The standard InChI is InChI=1S/C16H27FN2/c1-12(2)18-10-13-9-14(17)7-8-15(13)19(6)11-16(3,4)5/h7-9,12,18H,10-11H2,1-6H3. The molecule has 1 aromatic rings. The first-order chi connectivity index (χ1) is 8.69. The summed E-state index contributed by atoms with van der Waals surface area (Å²) in [4.78, 5) is 2.21. The number of nitrogens with one attached hydrogen (secondary N) is 1. The molecule has 108 valence electrons. The van der Waals surface area contributed by atoms with Gasteiger partial charge in [-0.05, 0) is 29.2 Å². The first kappa shape index (κ1) is 16.0. The second-order valence-electron chi connectivity index (χ2n) is 6.73. The number of hydrogen-bond acceptors (Lipinski definition) is 2. The molecule has 0 spiro atoms. The van der Waals surface area contributed by atoms with E-state index in [0.717, 1.165) is 17.8 Å². The molecule has 0 aliphatic rings. The average Bonchev–Trinajstić information content (AvgIpc) is 2.23.